The molecule has 1 heterocycles. The lowest BCUT2D eigenvalue weighted by Gasteiger charge is -2.40. The van der Waals surface area contributed by atoms with Gasteiger partial charge in [-0.05, 0) is 42.2 Å². The largest absolute Gasteiger partial charge is 0.417 e. The van der Waals surface area contributed by atoms with Gasteiger partial charge in [0.05, 0.1) is 23.6 Å². The number of piperidine rings is 1. The summed E-state index contributed by atoms with van der Waals surface area (Å²) in [6.45, 7) is 0.686. The molecule has 3 aromatic carbocycles. The molecule has 1 unspecified atom stereocenters. The Morgan fingerprint density at radius 1 is 0.949 bits per heavy atom. The van der Waals surface area contributed by atoms with E-state index in [9.17, 15) is 27.9 Å². The van der Waals surface area contributed by atoms with Crippen LogP contribution in [0.15, 0.2) is 78.9 Å². The number of aliphatic hydroxyl groups is 1. The minimum absolute atomic E-state index is 0.0482. The highest BCUT2D eigenvalue weighted by atomic mass is 19.4. The van der Waals surface area contributed by atoms with Gasteiger partial charge in [0.25, 0.3) is 5.91 Å². The zero-order valence-electron chi connectivity index (χ0n) is 21.1. The minimum atomic E-state index is -4.79. The summed E-state index contributed by atoms with van der Waals surface area (Å²) in [5.74, 6) is -1.43. The van der Waals surface area contributed by atoms with Crippen molar-refractivity contribution in [2.24, 2.45) is 5.92 Å². The molecule has 1 saturated heterocycles. The SMILES string of the molecule is N#Cc1ccc(NC(=O)C(O)(Cc2ccccc2)C2CCN(C(=O)Cc3ccccc3)CC2)cc1C(F)(F)F. The zero-order chi connectivity index (χ0) is 28.0. The summed E-state index contributed by atoms with van der Waals surface area (Å²) in [6, 6.07) is 22.6. The second-order valence-corrected chi connectivity index (χ2v) is 9.73. The third kappa shape index (κ3) is 6.65. The molecule has 0 saturated carbocycles. The average molecular weight is 536 g/mol. The molecule has 4 rings (SSSR count). The first-order chi connectivity index (χ1) is 18.6. The second kappa shape index (κ2) is 11.7. The molecule has 9 heteroatoms. The highest BCUT2D eigenvalue weighted by Gasteiger charge is 2.45. The van der Waals surface area contributed by atoms with Crippen LogP contribution in [0.25, 0.3) is 0 Å². The van der Waals surface area contributed by atoms with Crippen LogP contribution in [0.2, 0.25) is 0 Å². The lowest BCUT2D eigenvalue weighted by molar-refractivity contribution is -0.144. The molecule has 2 amide bonds. The molecule has 1 aliphatic rings. The summed E-state index contributed by atoms with van der Waals surface area (Å²) in [6.07, 6.45) is -3.90. The van der Waals surface area contributed by atoms with Gasteiger partial charge in [0.2, 0.25) is 5.91 Å². The van der Waals surface area contributed by atoms with Crippen LogP contribution in [0.4, 0.5) is 18.9 Å². The van der Waals surface area contributed by atoms with E-state index in [0.717, 1.165) is 11.6 Å². The van der Waals surface area contributed by atoms with E-state index in [4.69, 9.17) is 5.26 Å². The molecular formula is C30H28F3N3O3. The van der Waals surface area contributed by atoms with E-state index in [-0.39, 0.29) is 24.4 Å². The number of carbonyl (C=O) groups is 2. The molecule has 2 N–H and O–H groups in total. The molecule has 1 fully saturated rings. The Bertz CT molecular complexity index is 1350. The molecule has 1 aliphatic heterocycles. The molecule has 202 valence electrons. The lowest BCUT2D eigenvalue weighted by atomic mass is 9.76. The fourth-order valence-electron chi connectivity index (χ4n) is 5.00. The number of hydrogen-bond donors (Lipinski definition) is 2. The first-order valence-corrected chi connectivity index (χ1v) is 12.6. The van der Waals surface area contributed by atoms with Crippen LogP contribution < -0.4 is 5.32 Å². The van der Waals surface area contributed by atoms with Crippen LogP contribution in [0, 0.1) is 17.2 Å². The van der Waals surface area contributed by atoms with Gasteiger partial charge in [-0.3, -0.25) is 9.59 Å². The molecule has 0 bridgehead atoms. The maximum atomic E-state index is 13.5. The number of hydrogen-bond acceptors (Lipinski definition) is 4. The number of anilines is 1. The number of halogens is 3. The Morgan fingerprint density at radius 2 is 1.54 bits per heavy atom. The highest BCUT2D eigenvalue weighted by molar-refractivity contribution is 5.97. The van der Waals surface area contributed by atoms with Gasteiger partial charge in [-0.1, -0.05) is 60.7 Å². The first-order valence-electron chi connectivity index (χ1n) is 12.6. The Kier molecular flexibility index (Phi) is 8.36. The standard InChI is InChI=1S/C30H28F3N3O3/c31-30(32,33)26-18-25(12-11-23(26)20-34)35-28(38)29(39,19-22-9-5-2-6-10-22)24-13-15-36(16-14-24)27(37)17-21-7-3-1-4-8-21/h1-12,18,24,39H,13-17,19H2,(H,35,38). The summed E-state index contributed by atoms with van der Waals surface area (Å²) in [5.41, 5.74) is -2.26. The quantitative estimate of drug-likeness (QED) is 0.447. The van der Waals surface area contributed by atoms with E-state index in [2.05, 4.69) is 5.32 Å². The van der Waals surface area contributed by atoms with Crippen molar-refractivity contribution in [1.82, 2.24) is 4.90 Å². The van der Waals surface area contributed by atoms with Crippen LogP contribution in [0.5, 0.6) is 0 Å². The molecule has 1 atom stereocenters. The van der Waals surface area contributed by atoms with Crippen molar-refractivity contribution in [3.8, 4) is 6.07 Å². The summed E-state index contributed by atoms with van der Waals surface area (Å²) in [4.78, 5) is 28.1. The summed E-state index contributed by atoms with van der Waals surface area (Å²) < 4.78 is 40.4. The predicted molar refractivity (Wildman–Crippen MR) is 139 cm³/mol. The minimum Gasteiger partial charge on any atom is -0.379 e. The summed E-state index contributed by atoms with van der Waals surface area (Å²) in [5, 5.41) is 23.3. The van der Waals surface area contributed by atoms with Gasteiger partial charge in [-0.25, -0.2) is 0 Å². The normalized spacial score (nSPS) is 15.7. The Morgan fingerprint density at radius 3 is 2.10 bits per heavy atom. The molecule has 6 nitrogen and oxygen atoms in total. The van der Waals surface area contributed by atoms with Crippen molar-refractivity contribution in [2.75, 3.05) is 18.4 Å². The van der Waals surface area contributed by atoms with E-state index in [0.29, 0.717) is 37.6 Å². The van der Waals surface area contributed by atoms with Crippen molar-refractivity contribution in [3.63, 3.8) is 0 Å². The number of likely N-dealkylation sites (tertiary alicyclic amines) is 1. The third-order valence-electron chi connectivity index (χ3n) is 7.13. The smallest absolute Gasteiger partial charge is 0.379 e. The predicted octanol–water partition coefficient (Wildman–Crippen LogP) is 4.97. The number of alkyl halides is 3. The van der Waals surface area contributed by atoms with Gasteiger partial charge < -0.3 is 15.3 Å². The Hall–Kier alpha value is -4.16. The van der Waals surface area contributed by atoms with E-state index in [1.54, 1.807) is 35.2 Å². The van der Waals surface area contributed by atoms with Crippen molar-refractivity contribution >= 4 is 17.5 Å². The number of nitrogens with zero attached hydrogens (tertiary/aromatic N) is 2. The van der Waals surface area contributed by atoms with Gasteiger partial charge in [-0.2, -0.15) is 18.4 Å². The number of nitriles is 1. The molecular weight excluding hydrogens is 507 g/mol. The third-order valence-corrected chi connectivity index (χ3v) is 7.13. The summed E-state index contributed by atoms with van der Waals surface area (Å²) in [7, 11) is 0. The van der Waals surface area contributed by atoms with Crippen LogP contribution in [0.3, 0.4) is 0 Å². The maximum absolute atomic E-state index is 13.5. The van der Waals surface area contributed by atoms with Crippen molar-refractivity contribution in [1.29, 1.82) is 5.26 Å². The Labute approximate surface area is 224 Å². The van der Waals surface area contributed by atoms with E-state index >= 15 is 0 Å². The number of benzene rings is 3. The molecule has 0 spiro atoms. The Balaban J connectivity index is 1.53. The molecule has 0 aliphatic carbocycles. The van der Waals surface area contributed by atoms with Crippen molar-refractivity contribution in [3.05, 3.63) is 101 Å². The lowest BCUT2D eigenvalue weighted by Crippen LogP contribution is -2.54. The van der Waals surface area contributed by atoms with Crippen LogP contribution in [-0.4, -0.2) is 40.5 Å². The van der Waals surface area contributed by atoms with Gasteiger partial charge in [0.15, 0.2) is 0 Å². The van der Waals surface area contributed by atoms with Crippen LogP contribution in [-0.2, 0) is 28.6 Å². The molecule has 0 radical (unpaired) electrons. The van der Waals surface area contributed by atoms with Gasteiger partial charge >= 0.3 is 6.18 Å². The fourth-order valence-corrected chi connectivity index (χ4v) is 5.00. The van der Waals surface area contributed by atoms with E-state index < -0.39 is 34.7 Å². The molecule has 3 aromatic rings. The van der Waals surface area contributed by atoms with Gasteiger partial charge in [-0.15, -0.1) is 0 Å². The summed E-state index contributed by atoms with van der Waals surface area (Å²) >= 11 is 0. The number of nitrogens with one attached hydrogen (secondary N) is 1. The second-order valence-electron chi connectivity index (χ2n) is 9.73. The average Bonchev–Trinajstić information content (AvgIpc) is 2.93. The van der Waals surface area contributed by atoms with E-state index in [1.165, 1.54) is 12.1 Å². The van der Waals surface area contributed by atoms with Crippen molar-refractivity contribution in [2.45, 2.75) is 37.5 Å². The van der Waals surface area contributed by atoms with Gasteiger partial charge in [0, 0.05) is 31.1 Å². The highest BCUT2D eigenvalue weighted by Crippen LogP contribution is 2.36. The number of amides is 2. The first kappa shape index (κ1) is 27.9. The maximum Gasteiger partial charge on any atom is 0.417 e. The van der Waals surface area contributed by atoms with Crippen LogP contribution >= 0.6 is 0 Å². The fraction of sp³-hybridized carbons (Fsp3) is 0.300. The van der Waals surface area contributed by atoms with Gasteiger partial charge in [0.1, 0.15) is 5.60 Å². The monoisotopic (exact) mass is 535 g/mol. The van der Waals surface area contributed by atoms with E-state index in [1.807, 2.05) is 30.3 Å². The van der Waals surface area contributed by atoms with Crippen molar-refractivity contribution < 1.29 is 27.9 Å². The topological polar surface area (TPSA) is 93.4 Å². The zero-order valence-corrected chi connectivity index (χ0v) is 21.1. The van der Waals surface area contributed by atoms with Crippen LogP contribution in [0.1, 0.15) is 35.1 Å². The molecule has 39 heavy (non-hydrogen) atoms. The number of rotatable bonds is 7. The number of carbonyl (C=O) groups excluding carboxylic acids is 2. The molecule has 0 aromatic heterocycles.